The molecular weight excluding hydrogens is 410 g/mol. The molecule has 2 aromatic rings. The predicted octanol–water partition coefficient (Wildman–Crippen LogP) is 1.97. The number of anilines is 1. The van der Waals surface area contributed by atoms with Crippen LogP contribution in [0.3, 0.4) is 0 Å². The van der Waals surface area contributed by atoms with Crippen LogP contribution < -0.4 is 16.4 Å². The van der Waals surface area contributed by atoms with Crippen LogP contribution in [0.25, 0.3) is 12.2 Å². The maximum absolute atomic E-state index is 10.8. The van der Waals surface area contributed by atoms with Gasteiger partial charge in [0.2, 0.25) is 0 Å². The molecule has 9 nitrogen and oxygen atoms in total. The number of nitrogens with one attached hydrogen (secondary N) is 3. The topological polar surface area (TPSA) is 127 Å². The second kappa shape index (κ2) is 13.6. The number of hydrogen-bond donors (Lipinski definition) is 5. The van der Waals surface area contributed by atoms with E-state index in [9.17, 15) is 4.79 Å². The number of rotatable bonds is 10. The van der Waals surface area contributed by atoms with Gasteiger partial charge in [0, 0.05) is 31.5 Å². The number of aromatic amines is 1. The van der Waals surface area contributed by atoms with E-state index in [1.165, 1.54) is 18.4 Å². The fraction of sp³-hybridized carbons (Fsp3) is 0.400. The fourth-order valence-corrected chi connectivity index (χ4v) is 2.13. The lowest BCUT2D eigenvalue weighted by atomic mass is 10.3. The number of H-pyrrole nitrogens is 1. The molecular formula is C20H30ClN5O4. The first-order chi connectivity index (χ1) is 14.3. The SMILES string of the molecule is C=Cc1[nH]c(=O)oc1/C=C/NC(O)CO.CC(C)N(C)CCNc1ccc(Cl)cn1. The van der Waals surface area contributed by atoms with Gasteiger partial charge in [-0.05, 0) is 45.2 Å². The first-order valence-corrected chi connectivity index (χ1v) is 9.77. The highest BCUT2D eigenvalue weighted by Crippen LogP contribution is 2.09. The summed E-state index contributed by atoms with van der Waals surface area (Å²) in [5.41, 5.74) is 0.455. The molecule has 5 N–H and O–H groups in total. The molecule has 2 aromatic heterocycles. The van der Waals surface area contributed by atoms with Gasteiger partial charge in [0.15, 0.2) is 5.76 Å². The summed E-state index contributed by atoms with van der Waals surface area (Å²) < 4.78 is 4.77. The number of halogens is 1. The van der Waals surface area contributed by atoms with Gasteiger partial charge >= 0.3 is 5.76 Å². The Labute approximate surface area is 181 Å². The van der Waals surface area contributed by atoms with E-state index in [2.05, 4.69) is 53.0 Å². The van der Waals surface area contributed by atoms with Crippen molar-refractivity contribution in [3.63, 3.8) is 0 Å². The van der Waals surface area contributed by atoms with Crippen molar-refractivity contribution in [2.75, 3.05) is 32.1 Å². The zero-order chi connectivity index (χ0) is 22.5. The van der Waals surface area contributed by atoms with Gasteiger partial charge in [-0.25, -0.2) is 9.78 Å². The van der Waals surface area contributed by atoms with E-state index in [4.69, 9.17) is 26.2 Å². The number of nitrogens with zero attached hydrogens (tertiary/aromatic N) is 2. The minimum absolute atomic E-state index is 0.299. The number of aliphatic hydroxyl groups is 2. The molecule has 10 heteroatoms. The van der Waals surface area contributed by atoms with Crippen molar-refractivity contribution in [1.29, 1.82) is 0 Å². The molecule has 1 atom stereocenters. The Bertz CT molecular complexity index is 832. The highest BCUT2D eigenvalue weighted by Gasteiger charge is 2.03. The number of likely N-dealkylation sites (N-methyl/N-ethyl adjacent to an activating group) is 1. The largest absolute Gasteiger partial charge is 0.417 e. The predicted molar refractivity (Wildman–Crippen MR) is 120 cm³/mol. The monoisotopic (exact) mass is 439 g/mol. The van der Waals surface area contributed by atoms with Crippen LogP contribution in [0.4, 0.5) is 5.82 Å². The van der Waals surface area contributed by atoms with Crippen molar-refractivity contribution in [1.82, 2.24) is 20.2 Å². The second-order valence-electron chi connectivity index (χ2n) is 6.56. The minimum atomic E-state index is -1.04. The van der Waals surface area contributed by atoms with Gasteiger partial charge in [0.05, 0.1) is 17.3 Å². The molecule has 0 aliphatic carbocycles. The number of aliphatic hydroxyl groups excluding tert-OH is 2. The van der Waals surface area contributed by atoms with E-state index in [0.29, 0.717) is 22.5 Å². The molecule has 0 saturated carbocycles. The van der Waals surface area contributed by atoms with Gasteiger partial charge in [-0.2, -0.15) is 0 Å². The molecule has 0 aliphatic rings. The quantitative estimate of drug-likeness (QED) is 0.355. The van der Waals surface area contributed by atoms with Gasteiger partial charge in [-0.1, -0.05) is 18.2 Å². The van der Waals surface area contributed by atoms with Crippen LogP contribution >= 0.6 is 11.6 Å². The summed E-state index contributed by atoms with van der Waals surface area (Å²) in [6.45, 7) is 9.34. The van der Waals surface area contributed by atoms with Crippen molar-refractivity contribution in [3.8, 4) is 0 Å². The number of aromatic nitrogens is 2. The van der Waals surface area contributed by atoms with Crippen molar-refractivity contribution >= 4 is 29.6 Å². The fourth-order valence-electron chi connectivity index (χ4n) is 2.01. The van der Waals surface area contributed by atoms with Crippen LogP contribution in [0.15, 0.2) is 40.3 Å². The third-order valence-corrected chi connectivity index (χ3v) is 4.21. The molecule has 0 amide bonds. The van der Waals surface area contributed by atoms with E-state index < -0.39 is 18.6 Å². The second-order valence-corrected chi connectivity index (χ2v) is 6.99. The molecule has 2 rings (SSSR count). The Hall–Kier alpha value is -2.59. The Kier molecular flexibility index (Phi) is 11.5. The van der Waals surface area contributed by atoms with Crippen LogP contribution in [0.5, 0.6) is 0 Å². The molecule has 0 radical (unpaired) electrons. The van der Waals surface area contributed by atoms with Gasteiger partial charge in [-0.3, -0.25) is 4.98 Å². The smallest absolute Gasteiger partial charge is 0.408 e. The van der Waals surface area contributed by atoms with Crippen molar-refractivity contribution in [2.24, 2.45) is 0 Å². The summed E-state index contributed by atoms with van der Waals surface area (Å²) in [5, 5.41) is 23.8. The average Bonchev–Trinajstić information content (AvgIpc) is 3.09. The third kappa shape index (κ3) is 9.75. The maximum Gasteiger partial charge on any atom is 0.417 e. The van der Waals surface area contributed by atoms with E-state index in [1.54, 1.807) is 6.20 Å². The molecule has 30 heavy (non-hydrogen) atoms. The van der Waals surface area contributed by atoms with Crippen LogP contribution in [0.2, 0.25) is 5.02 Å². The normalized spacial score (nSPS) is 12.0. The molecule has 2 heterocycles. The first-order valence-electron chi connectivity index (χ1n) is 9.39. The number of pyridine rings is 1. The summed E-state index contributed by atoms with van der Waals surface area (Å²) in [6.07, 6.45) is 4.84. The lowest BCUT2D eigenvalue weighted by molar-refractivity contribution is 0.0795. The number of hydrogen-bond acceptors (Lipinski definition) is 8. The summed E-state index contributed by atoms with van der Waals surface area (Å²) >= 11 is 5.74. The zero-order valence-electron chi connectivity index (χ0n) is 17.4. The molecule has 0 spiro atoms. The Morgan fingerprint density at radius 3 is 2.73 bits per heavy atom. The van der Waals surface area contributed by atoms with Crippen molar-refractivity contribution in [3.05, 3.63) is 58.1 Å². The highest BCUT2D eigenvalue weighted by atomic mass is 35.5. The lowest BCUT2D eigenvalue weighted by Crippen LogP contribution is -2.31. The Morgan fingerprint density at radius 2 is 2.17 bits per heavy atom. The molecule has 0 fully saturated rings. The lowest BCUT2D eigenvalue weighted by Gasteiger charge is -2.20. The Morgan fingerprint density at radius 1 is 1.43 bits per heavy atom. The molecule has 0 aromatic carbocycles. The van der Waals surface area contributed by atoms with Gasteiger partial charge < -0.3 is 30.2 Å². The maximum atomic E-state index is 10.8. The highest BCUT2D eigenvalue weighted by molar-refractivity contribution is 6.30. The molecule has 0 aliphatic heterocycles. The van der Waals surface area contributed by atoms with Crippen molar-refractivity contribution < 1.29 is 14.6 Å². The molecule has 1 unspecified atom stereocenters. The standard InChI is InChI=1S/C11H18ClN3.C9H12N2O4/c1-9(2)15(3)7-6-13-11-5-4-10(12)8-14-11;1-2-6-7(15-9(14)11-6)3-4-10-8(13)5-12/h4-5,8-9H,6-7H2,1-3H3,(H,13,14);2-4,8,10,12-13H,1,5H2,(H,11,14)/b;4-3+. The van der Waals surface area contributed by atoms with Crippen LogP contribution in [-0.2, 0) is 0 Å². The third-order valence-electron chi connectivity index (χ3n) is 3.98. The van der Waals surface area contributed by atoms with E-state index in [1.807, 2.05) is 12.1 Å². The Balaban J connectivity index is 0.000000300. The van der Waals surface area contributed by atoms with Crippen LogP contribution in [0, 0.1) is 0 Å². The average molecular weight is 440 g/mol. The van der Waals surface area contributed by atoms with E-state index >= 15 is 0 Å². The zero-order valence-corrected chi connectivity index (χ0v) is 18.2. The summed E-state index contributed by atoms with van der Waals surface area (Å²) in [5.74, 6) is 0.594. The van der Waals surface area contributed by atoms with Gasteiger partial charge in [0.25, 0.3) is 0 Å². The summed E-state index contributed by atoms with van der Waals surface area (Å²) in [4.78, 5) is 19.7. The molecule has 166 valence electrons. The van der Waals surface area contributed by atoms with Gasteiger partial charge in [-0.15, -0.1) is 0 Å². The van der Waals surface area contributed by atoms with E-state index in [0.717, 1.165) is 18.9 Å². The first kappa shape index (κ1) is 25.4. The minimum Gasteiger partial charge on any atom is -0.408 e. The van der Waals surface area contributed by atoms with Crippen molar-refractivity contribution in [2.45, 2.75) is 26.1 Å². The van der Waals surface area contributed by atoms with Crippen LogP contribution in [0.1, 0.15) is 25.3 Å². The summed E-state index contributed by atoms with van der Waals surface area (Å²) in [7, 11) is 2.11. The molecule has 0 bridgehead atoms. The van der Waals surface area contributed by atoms with Crippen LogP contribution in [-0.4, -0.2) is 64.1 Å². The van der Waals surface area contributed by atoms with Gasteiger partial charge in [0.1, 0.15) is 12.0 Å². The van der Waals surface area contributed by atoms with E-state index in [-0.39, 0.29) is 0 Å². The number of oxazole rings is 1. The summed E-state index contributed by atoms with van der Waals surface area (Å²) in [6, 6.07) is 4.30. The molecule has 0 saturated heterocycles.